The maximum absolute atomic E-state index is 5.92. The maximum atomic E-state index is 5.92. The molecule has 17 heavy (non-hydrogen) atoms. The highest BCUT2D eigenvalue weighted by atomic mass is 15.2. The van der Waals surface area contributed by atoms with Gasteiger partial charge in [0, 0.05) is 24.3 Å². The van der Waals surface area contributed by atoms with Crippen molar-refractivity contribution < 1.29 is 0 Å². The van der Waals surface area contributed by atoms with Crippen molar-refractivity contribution in [3.8, 4) is 0 Å². The van der Waals surface area contributed by atoms with Crippen LogP contribution in [0.25, 0.3) is 0 Å². The summed E-state index contributed by atoms with van der Waals surface area (Å²) in [6.45, 7) is 4.44. The van der Waals surface area contributed by atoms with E-state index in [1.54, 1.807) is 6.20 Å². The Morgan fingerprint density at radius 2 is 2.35 bits per heavy atom. The molecule has 2 heterocycles. The molecule has 2 N–H and O–H groups in total. The van der Waals surface area contributed by atoms with Crippen LogP contribution in [0.4, 0.5) is 5.82 Å². The predicted molar refractivity (Wildman–Crippen MR) is 71.6 cm³/mol. The standard InChI is InChI=1S/C14H23N3/c1-2-6-13-8-3-4-10-17(13)11-12-7-5-9-16-14(12)15/h5,7,9,13H,2-4,6,8,10-11H2,1H3,(H2,15,16). The first-order valence-corrected chi connectivity index (χ1v) is 6.74. The smallest absolute Gasteiger partial charge is 0.127 e. The summed E-state index contributed by atoms with van der Waals surface area (Å²) in [6.07, 6.45) is 8.38. The Morgan fingerprint density at radius 1 is 1.47 bits per heavy atom. The minimum atomic E-state index is 0.688. The molecule has 1 saturated heterocycles. The average Bonchev–Trinajstić information content (AvgIpc) is 2.35. The van der Waals surface area contributed by atoms with E-state index in [0.29, 0.717) is 5.82 Å². The summed E-state index contributed by atoms with van der Waals surface area (Å²) in [7, 11) is 0. The zero-order chi connectivity index (χ0) is 12.1. The number of nitrogen functional groups attached to an aromatic ring is 1. The summed E-state index contributed by atoms with van der Waals surface area (Å²) in [6, 6.07) is 4.82. The highest BCUT2D eigenvalue weighted by Gasteiger charge is 2.22. The lowest BCUT2D eigenvalue weighted by molar-refractivity contribution is 0.131. The molecule has 0 spiro atoms. The van der Waals surface area contributed by atoms with Crippen molar-refractivity contribution in [3.63, 3.8) is 0 Å². The van der Waals surface area contributed by atoms with Gasteiger partial charge in [-0.2, -0.15) is 0 Å². The number of nitrogens with two attached hydrogens (primary N) is 1. The summed E-state index contributed by atoms with van der Waals surface area (Å²) in [5, 5.41) is 0. The van der Waals surface area contributed by atoms with Gasteiger partial charge >= 0.3 is 0 Å². The van der Waals surface area contributed by atoms with Crippen molar-refractivity contribution in [1.29, 1.82) is 0 Å². The molecule has 1 atom stereocenters. The van der Waals surface area contributed by atoms with E-state index < -0.39 is 0 Å². The molecule has 1 unspecified atom stereocenters. The maximum Gasteiger partial charge on any atom is 0.127 e. The second-order valence-corrected chi connectivity index (χ2v) is 4.96. The molecule has 1 fully saturated rings. The zero-order valence-corrected chi connectivity index (χ0v) is 10.7. The van der Waals surface area contributed by atoms with Crippen molar-refractivity contribution in [2.75, 3.05) is 12.3 Å². The Bertz CT molecular complexity index is 349. The molecule has 1 aromatic heterocycles. The van der Waals surface area contributed by atoms with E-state index in [4.69, 9.17) is 5.73 Å². The minimum absolute atomic E-state index is 0.688. The summed E-state index contributed by atoms with van der Waals surface area (Å²) < 4.78 is 0. The fourth-order valence-corrected chi connectivity index (χ4v) is 2.73. The van der Waals surface area contributed by atoms with E-state index in [0.717, 1.165) is 12.6 Å². The number of aromatic nitrogens is 1. The van der Waals surface area contributed by atoms with Gasteiger partial charge in [0.2, 0.25) is 0 Å². The average molecular weight is 233 g/mol. The summed E-state index contributed by atoms with van der Waals surface area (Å²) in [5.41, 5.74) is 7.10. The van der Waals surface area contributed by atoms with E-state index in [-0.39, 0.29) is 0 Å². The van der Waals surface area contributed by atoms with Crippen LogP contribution in [0.3, 0.4) is 0 Å². The minimum Gasteiger partial charge on any atom is -0.383 e. The molecule has 2 rings (SSSR count). The van der Waals surface area contributed by atoms with Crippen LogP contribution in [0.5, 0.6) is 0 Å². The lowest BCUT2D eigenvalue weighted by Crippen LogP contribution is -2.38. The number of anilines is 1. The predicted octanol–water partition coefficient (Wildman–Crippen LogP) is 2.82. The fraction of sp³-hybridized carbons (Fsp3) is 0.643. The van der Waals surface area contributed by atoms with Crippen LogP contribution in [-0.2, 0) is 6.54 Å². The van der Waals surface area contributed by atoms with Crippen molar-refractivity contribution in [3.05, 3.63) is 23.9 Å². The Hall–Kier alpha value is -1.09. The number of pyridine rings is 1. The Kier molecular flexibility index (Phi) is 4.37. The van der Waals surface area contributed by atoms with Gasteiger partial charge in [-0.15, -0.1) is 0 Å². The van der Waals surface area contributed by atoms with Gasteiger partial charge in [0.1, 0.15) is 5.82 Å². The normalized spacial score (nSPS) is 21.6. The van der Waals surface area contributed by atoms with Crippen LogP contribution < -0.4 is 5.73 Å². The van der Waals surface area contributed by atoms with E-state index in [9.17, 15) is 0 Å². The van der Waals surface area contributed by atoms with Gasteiger partial charge in [0.15, 0.2) is 0 Å². The lowest BCUT2D eigenvalue weighted by atomic mass is 9.97. The van der Waals surface area contributed by atoms with E-state index >= 15 is 0 Å². The van der Waals surface area contributed by atoms with Gasteiger partial charge in [-0.3, -0.25) is 4.90 Å². The zero-order valence-electron chi connectivity index (χ0n) is 10.7. The van der Waals surface area contributed by atoms with Crippen LogP contribution in [0.15, 0.2) is 18.3 Å². The van der Waals surface area contributed by atoms with Crippen LogP contribution in [-0.4, -0.2) is 22.5 Å². The molecule has 94 valence electrons. The molecule has 0 aliphatic carbocycles. The van der Waals surface area contributed by atoms with Crippen LogP contribution >= 0.6 is 0 Å². The molecule has 0 bridgehead atoms. The van der Waals surface area contributed by atoms with Crippen LogP contribution in [0.2, 0.25) is 0 Å². The van der Waals surface area contributed by atoms with E-state index in [2.05, 4.69) is 22.9 Å². The third-order valence-corrected chi connectivity index (χ3v) is 3.67. The first-order valence-electron chi connectivity index (χ1n) is 6.74. The van der Waals surface area contributed by atoms with Gasteiger partial charge in [0.05, 0.1) is 0 Å². The van der Waals surface area contributed by atoms with E-state index in [1.807, 2.05) is 6.07 Å². The van der Waals surface area contributed by atoms with Gasteiger partial charge in [-0.1, -0.05) is 25.8 Å². The fourth-order valence-electron chi connectivity index (χ4n) is 2.73. The monoisotopic (exact) mass is 233 g/mol. The second kappa shape index (κ2) is 6.01. The first kappa shape index (κ1) is 12.4. The molecular weight excluding hydrogens is 210 g/mol. The van der Waals surface area contributed by atoms with Crippen molar-refractivity contribution in [1.82, 2.24) is 9.88 Å². The van der Waals surface area contributed by atoms with Gasteiger partial charge in [-0.25, -0.2) is 4.98 Å². The molecule has 3 nitrogen and oxygen atoms in total. The number of piperidine rings is 1. The highest BCUT2D eigenvalue weighted by molar-refractivity contribution is 5.38. The second-order valence-electron chi connectivity index (χ2n) is 4.96. The molecule has 1 aliphatic rings. The lowest BCUT2D eigenvalue weighted by Gasteiger charge is -2.35. The van der Waals surface area contributed by atoms with Crippen molar-refractivity contribution in [2.45, 2.75) is 51.6 Å². The largest absolute Gasteiger partial charge is 0.383 e. The third-order valence-electron chi connectivity index (χ3n) is 3.67. The number of rotatable bonds is 4. The number of hydrogen-bond donors (Lipinski definition) is 1. The first-order chi connectivity index (χ1) is 8.31. The molecule has 0 aromatic carbocycles. The quantitative estimate of drug-likeness (QED) is 0.869. The van der Waals surface area contributed by atoms with Gasteiger partial charge in [-0.05, 0) is 31.9 Å². The molecule has 0 saturated carbocycles. The summed E-state index contributed by atoms with van der Waals surface area (Å²) in [4.78, 5) is 6.75. The third kappa shape index (κ3) is 3.19. The molecule has 0 amide bonds. The van der Waals surface area contributed by atoms with Gasteiger partial charge in [0.25, 0.3) is 0 Å². The Labute approximate surface area is 104 Å². The van der Waals surface area contributed by atoms with Crippen molar-refractivity contribution in [2.24, 2.45) is 0 Å². The Morgan fingerprint density at radius 3 is 3.12 bits per heavy atom. The highest BCUT2D eigenvalue weighted by Crippen LogP contribution is 2.23. The number of nitrogens with zero attached hydrogens (tertiary/aromatic N) is 2. The molecule has 1 aliphatic heterocycles. The Balaban J connectivity index is 2.03. The number of hydrogen-bond acceptors (Lipinski definition) is 3. The topological polar surface area (TPSA) is 42.2 Å². The number of likely N-dealkylation sites (tertiary alicyclic amines) is 1. The molecule has 3 heteroatoms. The van der Waals surface area contributed by atoms with Crippen molar-refractivity contribution >= 4 is 5.82 Å². The summed E-state index contributed by atoms with van der Waals surface area (Å²) in [5.74, 6) is 0.688. The summed E-state index contributed by atoms with van der Waals surface area (Å²) >= 11 is 0. The molecule has 1 aromatic rings. The van der Waals surface area contributed by atoms with E-state index in [1.165, 1.54) is 44.2 Å². The van der Waals surface area contributed by atoms with Gasteiger partial charge < -0.3 is 5.73 Å². The molecular formula is C14H23N3. The SMILES string of the molecule is CCCC1CCCCN1Cc1cccnc1N. The van der Waals surface area contributed by atoms with Crippen LogP contribution in [0.1, 0.15) is 44.6 Å². The van der Waals surface area contributed by atoms with Crippen LogP contribution in [0, 0.1) is 0 Å². The molecule has 0 radical (unpaired) electrons.